The first-order valence-corrected chi connectivity index (χ1v) is 7.70. The van der Waals surface area contributed by atoms with E-state index in [2.05, 4.69) is 10.4 Å². The van der Waals surface area contributed by atoms with Crippen LogP contribution < -0.4 is 10.9 Å². The van der Waals surface area contributed by atoms with E-state index < -0.39 is 17.3 Å². The van der Waals surface area contributed by atoms with Crippen LogP contribution in [0.1, 0.15) is 5.56 Å². The molecule has 1 heterocycles. The Hall–Kier alpha value is -3.79. The second-order valence-electron chi connectivity index (χ2n) is 5.44. The number of benzene rings is 2. The number of hydrogen-bond acceptors (Lipinski definition) is 4. The summed E-state index contributed by atoms with van der Waals surface area (Å²) in [4.78, 5) is 24.1. The highest BCUT2D eigenvalue weighted by Gasteiger charge is 2.10. The fourth-order valence-corrected chi connectivity index (χ4v) is 2.35. The Balaban J connectivity index is 1.79. The van der Waals surface area contributed by atoms with Crippen molar-refractivity contribution in [2.75, 3.05) is 5.32 Å². The molecule has 0 bridgehead atoms. The second-order valence-corrected chi connectivity index (χ2v) is 5.44. The van der Waals surface area contributed by atoms with Gasteiger partial charge in [0.25, 0.3) is 5.56 Å². The molecule has 0 aliphatic rings. The molecule has 0 unspecified atom stereocenters. The standard InChI is InChI=1S/C19H13FN4O2/c20-16-7-6-15(10-14(16)11-21)22-18(25)12-24-19(26)9-8-17(23-24)13-4-2-1-3-5-13/h1-10H,12H2,(H,22,25). The largest absolute Gasteiger partial charge is 0.324 e. The van der Waals surface area contributed by atoms with Crippen molar-refractivity contribution >= 4 is 11.6 Å². The molecule has 7 heteroatoms. The Morgan fingerprint density at radius 2 is 1.92 bits per heavy atom. The maximum absolute atomic E-state index is 13.3. The first-order valence-electron chi connectivity index (χ1n) is 7.70. The molecule has 3 rings (SSSR count). The zero-order chi connectivity index (χ0) is 18.5. The number of amides is 1. The van der Waals surface area contributed by atoms with E-state index in [0.29, 0.717) is 5.69 Å². The van der Waals surface area contributed by atoms with Gasteiger partial charge in [-0.25, -0.2) is 9.07 Å². The molecular weight excluding hydrogens is 335 g/mol. The number of carbonyl (C=O) groups excluding carboxylic acids is 1. The molecule has 6 nitrogen and oxygen atoms in total. The third-order valence-electron chi connectivity index (χ3n) is 3.60. The van der Waals surface area contributed by atoms with Gasteiger partial charge in [-0.05, 0) is 24.3 Å². The normalized spacial score (nSPS) is 10.2. The molecular formula is C19H13FN4O2. The maximum Gasteiger partial charge on any atom is 0.267 e. The van der Waals surface area contributed by atoms with E-state index in [-0.39, 0.29) is 17.8 Å². The van der Waals surface area contributed by atoms with Gasteiger partial charge in [0.2, 0.25) is 5.91 Å². The summed E-state index contributed by atoms with van der Waals surface area (Å²) in [5, 5.41) is 15.6. The van der Waals surface area contributed by atoms with Gasteiger partial charge in [-0.3, -0.25) is 9.59 Å². The molecule has 1 aromatic heterocycles. The Kier molecular flexibility index (Phi) is 4.85. The van der Waals surface area contributed by atoms with Crippen molar-refractivity contribution in [3.8, 4) is 17.3 Å². The topological polar surface area (TPSA) is 87.8 Å². The molecule has 1 N–H and O–H groups in total. The first-order chi connectivity index (χ1) is 12.6. The van der Waals surface area contributed by atoms with Crippen LogP contribution in [0.4, 0.5) is 10.1 Å². The minimum absolute atomic E-state index is 0.177. The Morgan fingerprint density at radius 1 is 1.15 bits per heavy atom. The summed E-state index contributed by atoms with van der Waals surface area (Å²) in [6.07, 6.45) is 0. The van der Waals surface area contributed by atoms with Crippen molar-refractivity contribution in [2.24, 2.45) is 0 Å². The number of carbonyl (C=O) groups is 1. The summed E-state index contributed by atoms with van der Waals surface area (Å²) in [7, 11) is 0. The van der Waals surface area contributed by atoms with Gasteiger partial charge in [0.15, 0.2) is 0 Å². The van der Waals surface area contributed by atoms with Crippen molar-refractivity contribution < 1.29 is 9.18 Å². The number of hydrogen-bond donors (Lipinski definition) is 1. The van der Waals surface area contributed by atoms with Crippen molar-refractivity contribution in [1.82, 2.24) is 9.78 Å². The number of rotatable bonds is 4. The summed E-state index contributed by atoms with van der Waals surface area (Å²) in [5.41, 5.74) is 1.05. The SMILES string of the molecule is N#Cc1cc(NC(=O)Cn2nc(-c3ccccc3)ccc2=O)ccc1F. The van der Waals surface area contributed by atoms with Crippen LogP contribution in [0.2, 0.25) is 0 Å². The molecule has 128 valence electrons. The first kappa shape index (κ1) is 17.0. The van der Waals surface area contributed by atoms with Crippen LogP contribution in [0.15, 0.2) is 65.5 Å². The van der Waals surface area contributed by atoms with Crippen LogP contribution in [0.25, 0.3) is 11.3 Å². The highest BCUT2D eigenvalue weighted by Crippen LogP contribution is 2.15. The molecule has 0 radical (unpaired) electrons. The summed E-state index contributed by atoms with van der Waals surface area (Å²) >= 11 is 0. The zero-order valence-electron chi connectivity index (χ0n) is 13.5. The predicted octanol–water partition coefficient (Wildman–Crippen LogP) is 2.56. The summed E-state index contributed by atoms with van der Waals surface area (Å²) < 4.78 is 14.4. The zero-order valence-corrected chi connectivity index (χ0v) is 13.5. The lowest BCUT2D eigenvalue weighted by Crippen LogP contribution is -2.29. The van der Waals surface area contributed by atoms with Crippen molar-refractivity contribution in [3.63, 3.8) is 0 Å². The number of anilines is 1. The van der Waals surface area contributed by atoms with Gasteiger partial charge in [-0.2, -0.15) is 10.4 Å². The van der Waals surface area contributed by atoms with Gasteiger partial charge in [0.1, 0.15) is 18.4 Å². The average Bonchev–Trinajstić information content (AvgIpc) is 2.65. The molecule has 0 aliphatic carbocycles. The molecule has 3 aromatic rings. The fourth-order valence-electron chi connectivity index (χ4n) is 2.35. The van der Waals surface area contributed by atoms with Crippen molar-refractivity contribution in [3.05, 3.63) is 82.4 Å². The summed E-state index contributed by atoms with van der Waals surface area (Å²) in [6, 6.07) is 17.5. The number of halogens is 1. The van der Waals surface area contributed by atoms with E-state index in [9.17, 15) is 14.0 Å². The molecule has 26 heavy (non-hydrogen) atoms. The van der Waals surface area contributed by atoms with Gasteiger partial charge >= 0.3 is 0 Å². The van der Waals surface area contributed by atoms with E-state index in [0.717, 1.165) is 16.3 Å². The van der Waals surface area contributed by atoms with Gasteiger partial charge in [0, 0.05) is 17.3 Å². The summed E-state index contributed by atoms with van der Waals surface area (Å²) in [6.45, 7) is -0.307. The molecule has 0 saturated carbocycles. The van der Waals surface area contributed by atoms with Crippen LogP contribution in [0, 0.1) is 17.1 Å². The van der Waals surface area contributed by atoms with Gasteiger partial charge < -0.3 is 5.32 Å². The Bertz CT molecular complexity index is 1060. The molecule has 0 spiro atoms. The molecule has 2 aromatic carbocycles. The molecule has 0 saturated heterocycles. The smallest absolute Gasteiger partial charge is 0.267 e. The maximum atomic E-state index is 13.3. The minimum Gasteiger partial charge on any atom is -0.324 e. The lowest BCUT2D eigenvalue weighted by atomic mass is 10.1. The number of nitrogens with zero attached hydrogens (tertiary/aromatic N) is 3. The second kappa shape index (κ2) is 7.40. The average molecular weight is 348 g/mol. The van der Waals surface area contributed by atoms with Crippen LogP contribution >= 0.6 is 0 Å². The monoisotopic (exact) mass is 348 g/mol. The van der Waals surface area contributed by atoms with Crippen molar-refractivity contribution in [1.29, 1.82) is 5.26 Å². The van der Waals surface area contributed by atoms with Crippen LogP contribution in [0.5, 0.6) is 0 Å². The Labute approximate surface area is 148 Å². The van der Waals surface area contributed by atoms with Crippen LogP contribution in [-0.2, 0) is 11.3 Å². The van der Waals surface area contributed by atoms with Gasteiger partial charge in [-0.15, -0.1) is 0 Å². The van der Waals surface area contributed by atoms with Crippen LogP contribution in [-0.4, -0.2) is 15.7 Å². The molecule has 0 fully saturated rings. The predicted molar refractivity (Wildman–Crippen MR) is 93.7 cm³/mol. The van der Waals surface area contributed by atoms with Gasteiger partial charge in [0.05, 0.1) is 11.3 Å². The molecule has 0 aliphatic heterocycles. The van der Waals surface area contributed by atoms with E-state index in [1.54, 1.807) is 12.1 Å². The highest BCUT2D eigenvalue weighted by molar-refractivity contribution is 5.90. The minimum atomic E-state index is -0.668. The lowest BCUT2D eigenvalue weighted by molar-refractivity contribution is -0.117. The fraction of sp³-hybridized carbons (Fsp3) is 0.0526. The number of nitriles is 1. The van der Waals surface area contributed by atoms with Crippen LogP contribution in [0.3, 0.4) is 0 Å². The lowest BCUT2D eigenvalue weighted by Gasteiger charge is -2.09. The van der Waals surface area contributed by atoms with Gasteiger partial charge in [-0.1, -0.05) is 30.3 Å². The number of nitrogens with one attached hydrogen (secondary N) is 1. The highest BCUT2D eigenvalue weighted by atomic mass is 19.1. The number of aromatic nitrogens is 2. The van der Waals surface area contributed by atoms with E-state index in [4.69, 9.17) is 5.26 Å². The quantitative estimate of drug-likeness (QED) is 0.785. The Morgan fingerprint density at radius 3 is 2.65 bits per heavy atom. The third-order valence-corrected chi connectivity index (χ3v) is 3.60. The van der Waals surface area contributed by atoms with E-state index >= 15 is 0 Å². The molecule has 1 amide bonds. The van der Waals surface area contributed by atoms with E-state index in [1.807, 2.05) is 30.3 Å². The van der Waals surface area contributed by atoms with E-state index in [1.165, 1.54) is 18.2 Å². The van der Waals surface area contributed by atoms with Crippen molar-refractivity contribution in [2.45, 2.75) is 6.54 Å². The summed E-state index contributed by atoms with van der Waals surface area (Å²) in [5.74, 6) is -1.18. The third kappa shape index (κ3) is 3.82. The molecule has 0 atom stereocenters.